The van der Waals surface area contributed by atoms with Gasteiger partial charge in [-0.05, 0) is 43.5 Å². The van der Waals surface area contributed by atoms with Gasteiger partial charge in [-0.1, -0.05) is 42.0 Å². The zero-order valence-electron chi connectivity index (χ0n) is 14.3. The predicted octanol–water partition coefficient (Wildman–Crippen LogP) is 2.97. The van der Waals surface area contributed by atoms with E-state index in [-0.39, 0.29) is 5.91 Å². The maximum atomic E-state index is 12.8. The number of carbonyl (C=O) groups is 2. The summed E-state index contributed by atoms with van der Waals surface area (Å²) in [6.45, 7) is 4.00. The van der Waals surface area contributed by atoms with E-state index in [0.29, 0.717) is 24.3 Å². The molecule has 2 aromatic rings. The molecule has 1 heterocycles. The average molecular weight is 339 g/mol. The quantitative estimate of drug-likeness (QED) is 0.930. The number of nitrogens with zero attached hydrogens (tertiary/aromatic N) is 1. The number of hydrogen-bond donors (Lipinski definition) is 1. The Labute approximate surface area is 146 Å². The minimum absolute atomic E-state index is 0.317. The number of carbonyl (C=O) groups excluding carboxylic acids is 1. The van der Waals surface area contributed by atoms with Crippen molar-refractivity contribution in [1.82, 2.24) is 4.90 Å². The van der Waals surface area contributed by atoms with Gasteiger partial charge >= 0.3 is 5.97 Å². The van der Waals surface area contributed by atoms with Gasteiger partial charge in [0.25, 0.3) is 5.91 Å². The van der Waals surface area contributed by atoms with Gasteiger partial charge in [-0.2, -0.15) is 0 Å². The van der Waals surface area contributed by atoms with Crippen molar-refractivity contribution in [2.75, 3.05) is 6.54 Å². The van der Waals surface area contributed by atoms with Gasteiger partial charge in [0.05, 0.1) is 0 Å². The van der Waals surface area contributed by atoms with Gasteiger partial charge < -0.3 is 14.7 Å². The second-order valence-corrected chi connectivity index (χ2v) is 6.29. The molecule has 0 radical (unpaired) electrons. The maximum Gasteiger partial charge on any atom is 0.331 e. The van der Waals surface area contributed by atoms with Crippen LogP contribution in [0.4, 0.5) is 0 Å². The van der Waals surface area contributed by atoms with E-state index in [2.05, 4.69) is 0 Å². The number of fused-ring (bicyclic) bond motifs is 1. The van der Waals surface area contributed by atoms with Crippen LogP contribution in [0.15, 0.2) is 48.5 Å². The lowest BCUT2D eigenvalue weighted by molar-refractivity contribution is -0.154. The lowest BCUT2D eigenvalue weighted by Gasteiger charge is -2.36. The van der Waals surface area contributed by atoms with Gasteiger partial charge in [-0.3, -0.25) is 4.79 Å². The number of carboxylic acid groups (broad SMARTS) is 1. The van der Waals surface area contributed by atoms with Crippen LogP contribution < -0.4 is 4.74 Å². The molecular weight excluding hydrogens is 318 g/mol. The van der Waals surface area contributed by atoms with Gasteiger partial charge in [0.15, 0.2) is 12.1 Å². The Morgan fingerprint density at radius 2 is 1.84 bits per heavy atom. The second-order valence-electron chi connectivity index (χ2n) is 6.29. The molecule has 1 amide bonds. The van der Waals surface area contributed by atoms with Crippen LogP contribution in [0, 0.1) is 6.92 Å². The number of rotatable bonds is 4. The summed E-state index contributed by atoms with van der Waals surface area (Å²) in [6, 6.07) is 13.8. The fraction of sp³-hybridized carbons (Fsp3) is 0.300. The van der Waals surface area contributed by atoms with E-state index < -0.39 is 18.1 Å². The van der Waals surface area contributed by atoms with Crippen molar-refractivity contribution < 1.29 is 19.4 Å². The molecule has 0 aliphatic carbocycles. The normalized spacial score (nSPS) is 17.5. The highest BCUT2D eigenvalue weighted by molar-refractivity contribution is 5.88. The molecule has 1 aliphatic heterocycles. The third-order valence-electron chi connectivity index (χ3n) is 4.48. The van der Waals surface area contributed by atoms with Crippen LogP contribution in [0.25, 0.3) is 0 Å². The summed E-state index contributed by atoms with van der Waals surface area (Å²) in [4.78, 5) is 26.1. The highest BCUT2D eigenvalue weighted by Crippen LogP contribution is 2.30. The smallest absolute Gasteiger partial charge is 0.331 e. The van der Waals surface area contributed by atoms with Gasteiger partial charge in [0, 0.05) is 6.54 Å². The number of aryl methyl sites for hydroxylation is 1. The summed E-state index contributed by atoms with van der Waals surface area (Å²) >= 11 is 0. The van der Waals surface area contributed by atoms with Crippen LogP contribution >= 0.6 is 0 Å². The minimum atomic E-state index is -1.02. The van der Waals surface area contributed by atoms with Crippen molar-refractivity contribution in [3.05, 3.63) is 65.2 Å². The highest BCUT2D eigenvalue weighted by atomic mass is 16.5. The molecule has 0 bridgehead atoms. The molecule has 130 valence electrons. The SMILES string of the molecule is Cc1ccc(OC(C)C(=O)N2CCc3ccccc3C2C(=O)O)cc1. The molecule has 25 heavy (non-hydrogen) atoms. The molecule has 5 nitrogen and oxygen atoms in total. The third-order valence-corrected chi connectivity index (χ3v) is 4.48. The van der Waals surface area contributed by atoms with E-state index in [1.807, 2.05) is 31.2 Å². The first-order valence-electron chi connectivity index (χ1n) is 8.32. The summed E-state index contributed by atoms with van der Waals surface area (Å²) < 4.78 is 5.72. The Hall–Kier alpha value is -2.82. The van der Waals surface area contributed by atoms with Crippen LogP contribution in [-0.2, 0) is 16.0 Å². The first-order chi connectivity index (χ1) is 12.0. The molecule has 2 aromatic carbocycles. The first-order valence-corrected chi connectivity index (χ1v) is 8.32. The van der Waals surface area contributed by atoms with Crippen molar-refractivity contribution in [1.29, 1.82) is 0 Å². The molecule has 1 aliphatic rings. The molecule has 5 heteroatoms. The number of aliphatic carboxylic acids is 1. The summed E-state index contributed by atoms with van der Waals surface area (Å²) in [5.74, 6) is -0.749. The topological polar surface area (TPSA) is 66.8 Å². The van der Waals surface area contributed by atoms with Crippen molar-refractivity contribution in [2.45, 2.75) is 32.4 Å². The van der Waals surface area contributed by atoms with Crippen molar-refractivity contribution in [3.8, 4) is 5.75 Å². The Morgan fingerprint density at radius 3 is 2.52 bits per heavy atom. The fourth-order valence-corrected chi connectivity index (χ4v) is 3.18. The molecule has 0 saturated heterocycles. The van der Waals surface area contributed by atoms with Crippen molar-refractivity contribution in [3.63, 3.8) is 0 Å². The Kier molecular flexibility index (Phi) is 4.74. The zero-order chi connectivity index (χ0) is 18.0. The van der Waals surface area contributed by atoms with Crippen LogP contribution in [0.1, 0.15) is 29.7 Å². The van der Waals surface area contributed by atoms with Crippen LogP contribution in [0.3, 0.4) is 0 Å². The Balaban J connectivity index is 1.81. The van der Waals surface area contributed by atoms with Gasteiger partial charge in [-0.15, -0.1) is 0 Å². The molecule has 0 saturated carbocycles. The van der Waals surface area contributed by atoms with E-state index in [9.17, 15) is 14.7 Å². The number of carboxylic acids is 1. The minimum Gasteiger partial charge on any atom is -0.481 e. The molecular formula is C20H21NO4. The summed E-state index contributed by atoms with van der Waals surface area (Å²) in [6.07, 6.45) is -0.113. The number of benzene rings is 2. The Morgan fingerprint density at radius 1 is 1.16 bits per heavy atom. The summed E-state index contributed by atoms with van der Waals surface area (Å²) in [7, 11) is 0. The molecule has 1 N–H and O–H groups in total. The van der Waals surface area contributed by atoms with Gasteiger partial charge in [-0.25, -0.2) is 4.79 Å². The standard InChI is InChI=1S/C20H21NO4/c1-13-7-9-16(10-8-13)25-14(2)19(22)21-12-11-15-5-3-4-6-17(15)18(21)20(23)24/h3-10,14,18H,11-12H2,1-2H3,(H,23,24). The zero-order valence-corrected chi connectivity index (χ0v) is 14.3. The molecule has 2 atom stereocenters. The van der Waals surface area contributed by atoms with Crippen LogP contribution in [0.5, 0.6) is 5.75 Å². The maximum absolute atomic E-state index is 12.8. The van der Waals surface area contributed by atoms with E-state index in [4.69, 9.17) is 4.74 Å². The molecule has 0 aromatic heterocycles. The second kappa shape index (κ2) is 6.97. The lowest BCUT2D eigenvalue weighted by atomic mass is 9.92. The van der Waals surface area contributed by atoms with Crippen molar-refractivity contribution in [2.24, 2.45) is 0 Å². The highest BCUT2D eigenvalue weighted by Gasteiger charge is 2.37. The van der Waals surface area contributed by atoms with Gasteiger partial charge in [0.2, 0.25) is 0 Å². The van der Waals surface area contributed by atoms with E-state index in [0.717, 1.165) is 11.1 Å². The molecule has 3 rings (SSSR count). The average Bonchev–Trinajstić information content (AvgIpc) is 2.61. The van der Waals surface area contributed by atoms with Gasteiger partial charge in [0.1, 0.15) is 5.75 Å². The number of amides is 1. The molecule has 0 spiro atoms. The van der Waals surface area contributed by atoms with Crippen LogP contribution in [-0.4, -0.2) is 34.5 Å². The largest absolute Gasteiger partial charge is 0.481 e. The monoisotopic (exact) mass is 339 g/mol. The number of ether oxygens (including phenoxy) is 1. The third kappa shape index (κ3) is 3.50. The molecule has 0 fully saturated rings. The van der Waals surface area contributed by atoms with Crippen molar-refractivity contribution >= 4 is 11.9 Å². The summed E-state index contributed by atoms with van der Waals surface area (Å²) in [5, 5.41) is 9.67. The predicted molar refractivity (Wildman–Crippen MR) is 93.5 cm³/mol. The van der Waals surface area contributed by atoms with E-state index in [1.165, 1.54) is 4.90 Å². The summed E-state index contributed by atoms with van der Waals surface area (Å²) in [5.41, 5.74) is 2.76. The Bertz CT molecular complexity index is 785. The van der Waals surface area contributed by atoms with Crippen LogP contribution in [0.2, 0.25) is 0 Å². The number of hydrogen-bond acceptors (Lipinski definition) is 3. The molecule has 2 unspecified atom stereocenters. The van der Waals surface area contributed by atoms with E-state index >= 15 is 0 Å². The van der Waals surface area contributed by atoms with E-state index in [1.54, 1.807) is 31.2 Å². The first kappa shape index (κ1) is 17.0. The fourth-order valence-electron chi connectivity index (χ4n) is 3.18. The lowest BCUT2D eigenvalue weighted by Crippen LogP contribution is -2.48.